The summed E-state index contributed by atoms with van der Waals surface area (Å²) in [5.74, 6) is 0.481. The Bertz CT molecular complexity index is 270. The third-order valence-corrected chi connectivity index (χ3v) is 2.81. The summed E-state index contributed by atoms with van der Waals surface area (Å²) in [6.45, 7) is 2.14. The number of aliphatic hydroxyl groups excluding tert-OH is 2. The minimum absolute atomic E-state index is 0.481. The Morgan fingerprint density at radius 3 is 3.00 bits per heavy atom. The molecule has 2 aliphatic rings. The van der Waals surface area contributed by atoms with Crippen LogP contribution in [0.4, 0.5) is 0 Å². The first-order valence-corrected chi connectivity index (χ1v) is 4.70. The molecule has 1 aliphatic heterocycles. The number of rotatable bonds is 0. The van der Waals surface area contributed by atoms with E-state index < -0.39 is 12.3 Å². The fourth-order valence-electron chi connectivity index (χ4n) is 1.95. The fourth-order valence-corrected chi connectivity index (χ4v) is 1.95. The highest BCUT2D eigenvalue weighted by Gasteiger charge is 2.28. The standard InChI is InChI=1S/C10H15NO2/c1-6-3-2-4-8-7(6)5-9(12)10(13)11-8/h2,4,6,9-13H,3,5H2,1H3. The summed E-state index contributed by atoms with van der Waals surface area (Å²) in [4.78, 5) is 0. The molecule has 3 heteroatoms. The summed E-state index contributed by atoms with van der Waals surface area (Å²) in [5, 5.41) is 21.7. The second kappa shape index (κ2) is 3.16. The highest BCUT2D eigenvalue weighted by Crippen LogP contribution is 2.30. The smallest absolute Gasteiger partial charge is 0.151 e. The molecule has 0 aromatic heterocycles. The van der Waals surface area contributed by atoms with Crippen LogP contribution in [0.1, 0.15) is 19.8 Å². The summed E-state index contributed by atoms with van der Waals surface area (Å²) in [7, 11) is 0. The van der Waals surface area contributed by atoms with Gasteiger partial charge in [0, 0.05) is 12.1 Å². The van der Waals surface area contributed by atoms with Crippen LogP contribution in [0.25, 0.3) is 0 Å². The molecule has 0 saturated carbocycles. The maximum atomic E-state index is 9.46. The van der Waals surface area contributed by atoms with Gasteiger partial charge in [-0.1, -0.05) is 13.0 Å². The number of nitrogens with one attached hydrogen (secondary N) is 1. The van der Waals surface area contributed by atoms with E-state index in [1.165, 1.54) is 5.57 Å². The van der Waals surface area contributed by atoms with E-state index in [1.807, 2.05) is 6.08 Å². The predicted molar refractivity (Wildman–Crippen MR) is 49.7 cm³/mol. The lowest BCUT2D eigenvalue weighted by molar-refractivity contribution is -0.00319. The van der Waals surface area contributed by atoms with Gasteiger partial charge in [-0.3, -0.25) is 0 Å². The second-order valence-electron chi connectivity index (χ2n) is 3.84. The topological polar surface area (TPSA) is 52.5 Å². The van der Waals surface area contributed by atoms with Crippen LogP contribution >= 0.6 is 0 Å². The van der Waals surface area contributed by atoms with Crippen LogP contribution in [0.15, 0.2) is 23.4 Å². The Balaban J connectivity index is 2.26. The highest BCUT2D eigenvalue weighted by molar-refractivity contribution is 5.32. The van der Waals surface area contributed by atoms with Crippen LogP contribution in [0.5, 0.6) is 0 Å². The van der Waals surface area contributed by atoms with Crippen molar-refractivity contribution in [1.82, 2.24) is 5.32 Å². The lowest BCUT2D eigenvalue weighted by Gasteiger charge is -2.33. The molecule has 0 bridgehead atoms. The molecule has 3 N–H and O–H groups in total. The zero-order chi connectivity index (χ0) is 9.42. The quantitative estimate of drug-likeness (QED) is 0.510. The molecule has 13 heavy (non-hydrogen) atoms. The average Bonchev–Trinajstić information content (AvgIpc) is 2.09. The molecular weight excluding hydrogens is 166 g/mol. The number of aliphatic hydroxyl groups is 2. The van der Waals surface area contributed by atoms with Crippen molar-refractivity contribution in [2.45, 2.75) is 32.1 Å². The summed E-state index contributed by atoms with van der Waals surface area (Å²) in [6, 6.07) is 0. The zero-order valence-electron chi connectivity index (χ0n) is 7.70. The maximum Gasteiger partial charge on any atom is 0.151 e. The van der Waals surface area contributed by atoms with Gasteiger partial charge in [-0.2, -0.15) is 0 Å². The Morgan fingerprint density at radius 2 is 2.23 bits per heavy atom. The molecule has 2 rings (SSSR count). The first-order valence-electron chi connectivity index (χ1n) is 4.70. The predicted octanol–water partition coefficient (Wildman–Crippen LogP) is 0.509. The van der Waals surface area contributed by atoms with Crippen molar-refractivity contribution in [3.05, 3.63) is 23.4 Å². The van der Waals surface area contributed by atoms with E-state index in [0.717, 1.165) is 12.1 Å². The second-order valence-corrected chi connectivity index (χ2v) is 3.84. The highest BCUT2D eigenvalue weighted by atomic mass is 16.3. The van der Waals surface area contributed by atoms with Gasteiger partial charge >= 0.3 is 0 Å². The third-order valence-electron chi connectivity index (χ3n) is 2.81. The van der Waals surface area contributed by atoms with Crippen LogP contribution in [0.2, 0.25) is 0 Å². The van der Waals surface area contributed by atoms with Gasteiger partial charge in [-0.15, -0.1) is 0 Å². The zero-order valence-corrected chi connectivity index (χ0v) is 7.70. The maximum absolute atomic E-state index is 9.46. The van der Waals surface area contributed by atoms with Gasteiger partial charge in [-0.25, -0.2) is 0 Å². The van der Waals surface area contributed by atoms with E-state index in [9.17, 15) is 10.2 Å². The summed E-state index contributed by atoms with van der Waals surface area (Å²) in [6.07, 6.45) is 4.24. The minimum atomic E-state index is -0.811. The van der Waals surface area contributed by atoms with Gasteiger partial charge in [-0.05, 0) is 24.0 Å². The average molecular weight is 181 g/mol. The number of hydrogen-bond acceptors (Lipinski definition) is 3. The monoisotopic (exact) mass is 181 g/mol. The van der Waals surface area contributed by atoms with Crippen molar-refractivity contribution in [2.75, 3.05) is 0 Å². The normalized spacial score (nSPS) is 38.5. The molecule has 0 aromatic rings. The van der Waals surface area contributed by atoms with Gasteiger partial charge in [0.05, 0.1) is 0 Å². The Kier molecular flexibility index (Phi) is 2.14. The van der Waals surface area contributed by atoms with E-state index in [4.69, 9.17) is 0 Å². The van der Waals surface area contributed by atoms with Crippen molar-refractivity contribution in [3.8, 4) is 0 Å². The fraction of sp³-hybridized carbons (Fsp3) is 0.600. The van der Waals surface area contributed by atoms with Crippen molar-refractivity contribution in [3.63, 3.8) is 0 Å². The molecule has 0 amide bonds. The van der Waals surface area contributed by atoms with Crippen LogP contribution in [-0.2, 0) is 0 Å². The molecule has 72 valence electrons. The van der Waals surface area contributed by atoms with Gasteiger partial charge in [0.1, 0.15) is 6.10 Å². The largest absolute Gasteiger partial charge is 0.388 e. The van der Waals surface area contributed by atoms with Crippen LogP contribution in [0, 0.1) is 5.92 Å². The van der Waals surface area contributed by atoms with E-state index in [0.29, 0.717) is 12.3 Å². The lowest BCUT2D eigenvalue weighted by Crippen LogP contribution is -2.44. The minimum Gasteiger partial charge on any atom is -0.388 e. The molecule has 0 spiro atoms. The van der Waals surface area contributed by atoms with Gasteiger partial charge in [0.15, 0.2) is 6.23 Å². The van der Waals surface area contributed by atoms with Gasteiger partial charge in [0.2, 0.25) is 0 Å². The van der Waals surface area contributed by atoms with Gasteiger partial charge < -0.3 is 15.5 Å². The molecule has 1 aliphatic carbocycles. The molecule has 0 radical (unpaired) electrons. The molecule has 1 heterocycles. The van der Waals surface area contributed by atoms with Crippen molar-refractivity contribution in [2.24, 2.45) is 5.92 Å². The molecule has 0 aromatic carbocycles. The van der Waals surface area contributed by atoms with E-state index in [2.05, 4.69) is 18.3 Å². The molecular formula is C10H15NO2. The van der Waals surface area contributed by atoms with Crippen LogP contribution in [-0.4, -0.2) is 22.5 Å². The lowest BCUT2D eigenvalue weighted by atomic mass is 9.85. The van der Waals surface area contributed by atoms with Crippen LogP contribution in [0.3, 0.4) is 0 Å². The Morgan fingerprint density at radius 1 is 1.46 bits per heavy atom. The molecule has 0 saturated heterocycles. The van der Waals surface area contributed by atoms with Crippen molar-refractivity contribution >= 4 is 0 Å². The van der Waals surface area contributed by atoms with E-state index in [-0.39, 0.29) is 0 Å². The van der Waals surface area contributed by atoms with E-state index >= 15 is 0 Å². The Labute approximate surface area is 77.8 Å². The number of hydrogen-bond donors (Lipinski definition) is 3. The molecule has 3 nitrogen and oxygen atoms in total. The first kappa shape index (κ1) is 8.78. The van der Waals surface area contributed by atoms with E-state index in [1.54, 1.807) is 0 Å². The summed E-state index contributed by atoms with van der Waals surface area (Å²) < 4.78 is 0. The van der Waals surface area contributed by atoms with Gasteiger partial charge in [0.25, 0.3) is 0 Å². The van der Waals surface area contributed by atoms with Crippen LogP contribution < -0.4 is 5.32 Å². The summed E-state index contributed by atoms with van der Waals surface area (Å²) in [5.41, 5.74) is 2.23. The third kappa shape index (κ3) is 1.49. The van der Waals surface area contributed by atoms with Crippen molar-refractivity contribution < 1.29 is 10.2 Å². The molecule has 0 fully saturated rings. The van der Waals surface area contributed by atoms with Crippen molar-refractivity contribution in [1.29, 1.82) is 0 Å². The number of allylic oxidation sites excluding steroid dienone is 2. The SMILES string of the molecule is CC1CC=CC2=C1CC(O)C(O)N2. The first-order chi connectivity index (χ1) is 6.18. The Hall–Kier alpha value is -0.800. The molecule has 3 unspecified atom stereocenters. The summed E-state index contributed by atoms with van der Waals surface area (Å²) >= 11 is 0. The molecule has 3 atom stereocenters.